The summed E-state index contributed by atoms with van der Waals surface area (Å²) in [6.45, 7) is 2.10. The topological polar surface area (TPSA) is 51.0 Å². The first-order valence-electron chi connectivity index (χ1n) is 6.40. The van der Waals surface area contributed by atoms with Crippen molar-refractivity contribution in [3.63, 3.8) is 0 Å². The summed E-state index contributed by atoms with van der Waals surface area (Å²) in [5.41, 5.74) is 0.843. The first-order chi connectivity index (χ1) is 9.17. The zero-order valence-corrected chi connectivity index (χ0v) is 11.2. The molecule has 1 unspecified atom stereocenters. The first kappa shape index (κ1) is 13.7. The number of hydrogen-bond acceptors (Lipinski definition) is 4. The minimum absolute atomic E-state index is 0.246. The van der Waals surface area contributed by atoms with Crippen molar-refractivity contribution in [3.8, 4) is 0 Å². The highest BCUT2D eigenvalue weighted by Gasteiger charge is 2.09. The number of rotatable bonds is 6. The van der Waals surface area contributed by atoms with Crippen molar-refractivity contribution in [2.45, 2.75) is 32.2 Å². The van der Waals surface area contributed by atoms with E-state index in [0.29, 0.717) is 24.2 Å². The second kappa shape index (κ2) is 6.43. The molecule has 1 N–H and O–H groups in total. The predicted octanol–water partition coefficient (Wildman–Crippen LogP) is 2.34. The van der Waals surface area contributed by atoms with E-state index in [1.54, 1.807) is 6.07 Å². The standard InChI is InChI=1S/C14H18FN3O/c1-10(16-2)6-7-14-17-13(18-19-14)9-11-4-3-5-12(15)8-11/h3-5,8,10,16H,6-7,9H2,1-2H3. The summed E-state index contributed by atoms with van der Waals surface area (Å²) in [6, 6.07) is 6.85. The van der Waals surface area contributed by atoms with Crippen molar-refractivity contribution in [2.24, 2.45) is 0 Å². The van der Waals surface area contributed by atoms with Gasteiger partial charge < -0.3 is 9.84 Å². The third kappa shape index (κ3) is 4.13. The number of hydrogen-bond donors (Lipinski definition) is 1. The minimum atomic E-state index is -0.246. The fourth-order valence-electron chi connectivity index (χ4n) is 1.78. The third-order valence-corrected chi connectivity index (χ3v) is 3.05. The van der Waals surface area contributed by atoms with Gasteiger partial charge in [-0.1, -0.05) is 17.3 Å². The van der Waals surface area contributed by atoms with Crippen LogP contribution >= 0.6 is 0 Å². The van der Waals surface area contributed by atoms with E-state index in [-0.39, 0.29) is 5.82 Å². The second-order valence-electron chi connectivity index (χ2n) is 4.64. The zero-order chi connectivity index (χ0) is 13.7. The van der Waals surface area contributed by atoms with Crippen LogP contribution in [0.2, 0.25) is 0 Å². The zero-order valence-electron chi connectivity index (χ0n) is 11.2. The molecule has 0 aliphatic rings. The summed E-state index contributed by atoms with van der Waals surface area (Å²) in [5, 5.41) is 7.07. The van der Waals surface area contributed by atoms with E-state index in [9.17, 15) is 4.39 Å². The van der Waals surface area contributed by atoms with Crippen LogP contribution < -0.4 is 5.32 Å². The summed E-state index contributed by atoms with van der Waals surface area (Å²) in [7, 11) is 1.92. The van der Waals surface area contributed by atoms with E-state index in [4.69, 9.17) is 4.52 Å². The molecule has 0 bridgehead atoms. The van der Waals surface area contributed by atoms with Crippen LogP contribution in [-0.4, -0.2) is 23.2 Å². The molecule has 0 aliphatic carbocycles. The number of nitrogens with zero attached hydrogens (tertiary/aromatic N) is 2. The fraction of sp³-hybridized carbons (Fsp3) is 0.429. The molecule has 1 atom stereocenters. The average Bonchev–Trinajstić information content (AvgIpc) is 2.83. The van der Waals surface area contributed by atoms with Crippen LogP contribution in [0.4, 0.5) is 4.39 Å². The summed E-state index contributed by atoms with van der Waals surface area (Å²) < 4.78 is 18.2. The highest BCUT2D eigenvalue weighted by atomic mass is 19.1. The van der Waals surface area contributed by atoms with Crippen molar-refractivity contribution in [3.05, 3.63) is 47.4 Å². The maximum absolute atomic E-state index is 13.1. The van der Waals surface area contributed by atoms with Gasteiger partial charge in [0.05, 0.1) is 0 Å². The van der Waals surface area contributed by atoms with E-state index in [1.807, 2.05) is 13.1 Å². The first-order valence-corrected chi connectivity index (χ1v) is 6.40. The van der Waals surface area contributed by atoms with Crippen molar-refractivity contribution in [1.29, 1.82) is 0 Å². The molecule has 0 amide bonds. The quantitative estimate of drug-likeness (QED) is 0.869. The van der Waals surface area contributed by atoms with Gasteiger partial charge in [-0.2, -0.15) is 4.98 Å². The van der Waals surface area contributed by atoms with Gasteiger partial charge in [-0.15, -0.1) is 0 Å². The number of benzene rings is 1. The molecule has 0 aliphatic heterocycles. The Balaban J connectivity index is 1.94. The van der Waals surface area contributed by atoms with Gasteiger partial charge in [0.25, 0.3) is 0 Å². The van der Waals surface area contributed by atoms with Crippen molar-refractivity contribution >= 4 is 0 Å². The average molecular weight is 263 g/mol. The summed E-state index contributed by atoms with van der Waals surface area (Å²) in [5.74, 6) is 0.982. The van der Waals surface area contributed by atoms with Gasteiger partial charge >= 0.3 is 0 Å². The van der Waals surface area contributed by atoms with Gasteiger partial charge in [0.15, 0.2) is 5.82 Å². The Morgan fingerprint density at radius 1 is 1.42 bits per heavy atom. The van der Waals surface area contributed by atoms with Crippen molar-refractivity contribution < 1.29 is 8.91 Å². The van der Waals surface area contributed by atoms with Gasteiger partial charge in [-0.05, 0) is 38.1 Å². The summed E-state index contributed by atoms with van der Waals surface area (Å²) >= 11 is 0. The van der Waals surface area contributed by atoms with Crippen LogP contribution in [0.1, 0.15) is 30.6 Å². The highest BCUT2D eigenvalue weighted by Crippen LogP contribution is 2.10. The molecule has 1 heterocycles. The molecule has 102 valence electrons. The molecule has 4 nitrogen and oxygen atoms in total. The molecule has 0 saturated carbocycles. The Hall–Kier alpha value is -1.75. The van der Waals surface area contributed by atoms with Gasteiger partial charge in [0, 0.05) is 18.9 Å². The van der Waals surface area contributed by atoms with Crippen molar-refractivity contribution in [2.75, 3.05) is 7.05 Å². The minimum Gasteiger partial charge on any atom is -0.339 e. The molecule has 2 aromatic rings. The molecule has 0 saturated heterocycles. The molecule has 1 aromatic carbocycles. The number of nitrogens with one attached hydrogen (secondary N) is 1. The van der Waals surface area contributed by atoms with Crippen LogP contribution in [0.5, 0.6) is 0 Å². The molecule has 0 radical (unpaired) electrons. The van der Waals surface area contributed by atoms with Crippen LogP contribution in [0, 0.1) is 5.82 Å². The molecule has 1 aromatic heterocycles. The maximum Gasteiger partial charge on any atom is 0.226 e. The van der Waals surface area contributed by atoms with E-state index < -0.39 is 0 Å². The smallest absolute Gasteiger partial charge is 0.226 e. The van der Waals surface area contributed by atoms with Crippen molar-refractivity contribution in [1.82, 2.24) is 15.5 Å². The number of aromatic nitrogens is 2. The van der Waals surface area contributed by atoms with E-state index in [2.05, 4.69) is 22.4 Å². The maximum atomic E-state index is 13.1. The second-order valence-corrected chi connectivity index (χ2v) is 4.64. The summed E-state index contributed by atoms with van der Waals surface area (Å²) in [4.78, 5) is 4.31. The molecule has 0 spiro atoms. The van der Waals surface area contributed by atoms with Gasteiger partial charge in [-0.25, -0.2) is 4.39 Å². The Morgan fingerprint density at radius 2 is 2.26 bits per heavy atom. The van der Waals surface area contributed by atoms with Crippen LogP contribution in [0.3, 0.4) is 0 Å². The van der Waals surface area contributed by atoms with E-state index >= 15 is 0 Å². The van der Waals surface area contributed by atoms with E-state index in [1.165, 1.54) is 12.1 Å². The molecular weight excluding hydrogens is 245 g/mol. The monoisotopic (exact) mass is 263 g/mol. The highest BCUT2D eigenvalue weighted by molar-refractivity contribution is 5.19. The molecule has 5 heteroatoms. The Bertz CT molecular complexity index is 527. The molecule has 2 rings (SSSR count). The Morgan fingerprint density at radius 3 is 3.00 bits per heavy atom. The Labute approximate surface area is 112 Å². The normalized spacial score (nSPS) is 12.6. The van der Waals surface area contributed by atoms with E-state index in [0.717, 1.165) is 18.4 Å². The Kier molecular flexibility index (Phi) is 4.63. The van der Waals surface area contributed by atoms with Crippen LogP contribution in [0.25, 0.3) is 0 Å². The lowest BCUT2D eigenvalue weighted by Gasteiger charge is -2.06. The van der Waals surface area contributed by atoms with Crippen LogP contribution in [-0.2, 0) is 12.8 Å². The summed E-state index contributed by atoms with van der Waals surface area (Å²) in [6.07, 6.45) is 2.18. The van der Waals surface area contributed by atoms with Gasteiger partial charge in [-0.3, -0.25) is 0 Å². The van der Waals surface area contributed by atoms with Crippen LogP contribution in [0.15, 0.2) is 28.8 Å². The molecule has 0 fully saturated rings. The lowest BCUT2D eigenvalue weighted by atomic mass is 10.1. The molecular formula is C14H18FN3O. The van der Waals surface area contributed by atoms with Gasteiger partial charge in [0.2, 0.25) is 5.89 Å². The largest absolute Gasteiger partial charge is 0.339 e. The third-order valence-electron chi connectivity index (χ3n) is 3.05. The molecule has 19 heavy (non-hydrogen) atoms. The number of halogens is 1. The fourth-order valence-corrected chi connectivity index (χ4v) is 1.78. The lowest BCUT2D eigenvalue weighted by Crippen LogP contribution is -2.21. The SMILES string of the molecule is CNC(C)CCc1nc(Cc2cccc(F)c2)no1. The lowest BCUT2D eigenvalue weighted by molar-refractivity contribution is 0.365. The van der Waals surface area contributed by atoms with Gasteiger partial charge in [0.1, 0.15) is 5.82 Å². The predicted molar refractivity (Wildman–Crippen MR) is 70.3 cm³/mol. The number of aryl methyl sites for hydroxylation is 1.